The summed E-state index contributed by atoms with van der Waals surface area (Å²) in [5.41, 5.74) is -0.460. The van der Waals surface area contributed by atoms with Gasteiger partial charge in [0.15, 0.2) is 0 Å². The number of pyridine rings is 1. The summed E-state index contributed by atoms with van der Waals surface area (Å²) < 4.78 is 33.7. The van der Waals surface area contributed by atoms with E-state index in [9.17, 15) is 28.4 Å². The maximum atomic E-state index is 14.1. The molecule has 226 valence electrons. The highest BCUT2D eigenvalue weighted by atomic mass is 35.5. The van der Waals surface area contributed by atoms with E-state index in [1.165, 1.54) is 29.0 Å². The van der Waals surface area contributed by atoms with Crippen LogP contribution in [0.4, 0.5) is 14.5 Å². The number of halogens is 5. The van der Waals surface area contributed by atoms with Crippen molar-refractivity contribution in [2.45, 2.75) is 34.7 Å². The molecular formula is C28H24Cl3F2N5O4S. The summed E-state index contributed by atoms with van der Waals surface area (Å²) in [4.78, 5) is 43.7. The Kier molecular flexibility index (Phi) is 10.2. The number of carbonyl (C=O) groups excluding carboxylic acids is 2. The summed E-state index contributed by atoms with van der Waals surface area (Å²) >= 11 is 18.6. The van der Waals surface area contributed by atoms with Crippen LogP contribution in [0.25, 0.3) is 0 Å². The minimum Gasteiger partial charge on any atom is -0.495 e. The topological polar surface area (TPSA) is 119 Å². The number of nitriles is 1. The second-order valence-corrected chi connectivity index (χ2v) is 11.7. The number of anilines is 1. The van der Waals surface area contributed by atoms with Gasteiger partial charge in [-0.25, -0.2) is 0 Å². The molecule has 4 rings (SSSR count). The number of carbonyl (C=O) groups is 2. The molecule has 2 aromatic carbocycles. The van der Waals surface area contributed by atoms with Crippen LogP contribution < -0.4 is 20.5 Å². The molecule has 9 nitrogen and oxygen atoms in total. The van der Waals surface area contributed by atoms with Crippen molar-refractivity contribution in [3.05, 3.63) is 78.7 Å². The minimum atomic E-state index is -3.95. The van der Waals surface area contributed by atoms with E-state index in [1.54, 1.807) is 12.1 Å². The zero-order valence-electron chi connectivity index (χ0n) is 22.8. The summed E-state index contributed by atoms with van der Waals surface area (Å²) in [5, 5.41) is 8.46. The van der Waals surface area contributed by atoms with Gasteiger partial charge in [-0.2, -0.15) is 14.0 Å². The number of rotatable bonds is 11. The van der Waals surface area contributed by atoms with Crippen LogP contribution in [0.2, 0.25) is 10.0 Å². The van der Waals surface area contributed by atoms with Crippen molar-refractivity contribution in [2.24, 2.45) is 0 Å². The first-order valence-corrected chi connectivity index (χ1v) is 14.6. The first-order valence-electron chi connectivity index (χ1n) is 12.7. The zero-order valence-corrected chi connectivity index (χ0v) is 25.9. The number of ether oxygens (including phenoxy) is 1. The van der Waals surface area contributed by atoms with E-state index in [-0.39, 0.29) is 38.5 Å². The number of hydrogen-bond acceptors (Lipinski definition) is 7. The van der Waals surface area contributed by atoms with Gasteiger partial charge in [0.2, 0.25) is 6.41 Å². The summed E-state index contributed by atoms with van der Waals surface area (Å²) in [7, 11) is 3.28. The van der Waals surface area contributed by atoms with E-state index in [0.29, 0.717) is 54.7 Å². The molecule has 3 aromatic rings. The maximum absolute atomic E-state index is 14.1. The van der Waals surface area contributed by atoms with E-state index in [0.717, 1.165) is 11.6 Å². The van der Waals surface area contributed by atoms with Gasteiger partial charge in [-0.05, 0) is 73.1 Å². The lowest BCUT2D eigenvalue weighted by Crippen LogP contribution is -2.32. The molecule has 0 spiro atoms. The normalized spacial score (nSPS) is 12.6. The molecule has 0 saturated carbocycles. The summed E-state index contributed by atoms with van der Waals surface area (Å²) in [5.74, 6) is -0.330. The van der Waals surface area contributed by atoms with Gasteiger partial charge in [0.1, 0.15) is 23.1 Å². The third-order valence-electron chi connectivity index (χ3n) is 6.67. The quantitative estimate of drug-likeness (QED) is 0.152. The van der Waals surface area contributed by atoms with E-state index >= 15 is 0 Å². The Morgan fingerprint density at radius 2 is 1.98 bits per heavy atom. The number of nitrogens with one attached hydrogen (secondary N) is 2. The monoisotopic (exact) mass is 669 g/mol. The van der Waals surface area contributed by atoms with E-state index in [2.05, 4.69) is 5.32 Å². The van der Waals surface area contributed by atoms with Crippen LogP contribution in [0.1, 0.15) is 39.2 Å². The largest absolute Gasteiger partial charge is 0.495 e. The highest BCUT2D eigenvalue weighted by Gasteiger charge is 2.35. The lowest BCUT2D eigenvalue weighted by Gasteiger charge is -2.21. The Bertz CT molecular complexity index is 1680. The van der Waals surface area contributed by atoms with Crippen molar-refractivity contribution in [3.8, 4) is 11.8 Å². The van der Waals surface area contributed by atoms with Gasteiger partial charge in [-0.1, -0.05) is 35.0 Å². The number of aromatic amines is 1. The molecule has 0 aliphatic carbocycles. The van der Waals surface area contributed by atoms with Crippen molar-refractivity contribution < 1.29 is 23.1 Å². The van der Waals surface area contributed by atoms with E-state index < -0.39 is 28.1 Å². The highest BCUT2D eigenvalue weighted by molar-refractivity contribution is 7.99. The predicted molar refractivity (Wildman–Crippen MR) is 161 cm³/mol. The molecule has 15 heteroatoms. The Labute approximate surface area is 264 Å². The Hall–Kier alpha value is -3.34. The molecule has 1 aliphatic rings. The van der Waals surface area contributed by atoms with Gasteiger partial charge < -0.3 is 24.8 Å². The molecule has 0 atom stereocenters. The van der Waals surface area contributed by atoms with Gasteiger partial charge in [0, 0.05) is 24.5 Å². The van der Waals surface area contributed by atoms with Crippen LogP contribution in [0.5, 0.6) is 5.75 Å². The Balaban J connectivity index is 1.74. The number of benzene rings is 2. The van der Waals surface area contributed by atoms with Crippen LogP contribution in [-0.4, -0.2) is 49.4 Å². The number of nitrogens with zero attached hydrogens (tertiary/aromatic N) is 3. The van der Waals surface area contributed by atoms with Crippen molar-refractivity contribution in [1.29, 1.82) is 5.26 Å². The molecule has 0 radical (unpaired) electrons. The van der Waals surface area contributed by atoms with E-state index in [1.807, 2.05) is 18.1 Å². The predicted octanol–water partition coefficient (Wildman–Crippen LogP) is 5.73. The molecule has 1 aliphatic heterocycles. The van der Waals surface area contributed by atoms with Crippen molar-refractivity contribution in [3.63, 3.8) is 0 Å². The zero-order chi connectivity index (χ0) is 31.5. The summed E-state index contributed by atoms with van der Waals surface area (Å²) in [6.45, 7) is 1.26. The SMILES string of the molecule is CNCCCN(C=O)c1cc2c(cc1OC)CN(C(=O)c1c(Sc3c(Cl)ccc(C#N)c3Cl)cc(C(F)(F)Cl)[nH]c1=O)C2. The molecule has 43 heavy (non-hydrogen) atoms. The first-order chi connectivity index (χ1) is 20.4. The summed E-state index contributed by atoms with van der Waals surface area (Å²) in [6.07, 6.45) is 1.39. The van der Waals surface area contributed by atoms with Gasteiger partial charge in [0.25, 0.3) is 11.5 Å². The van der Waals surface area contributed by atoms with Crippen LogP contribution in [-0.2, 0) is 23.3 Å². The maximum Gasteiger partial charge on any atom is 0.362 e. The number of methoxy groups -OCH3 is 1. The highest BCUT2D eigenvalue weighted by Crippen LogP contribution is 2.43. The molecule has 2 heterocycles. The van der Waals surface area contributed by atoms with Gasteiger partial charge in [-0.15, -0.1) is 0 Å². The van der Waals surface area contributed by atoms with Gasteiger partial charge in [-0.3, -0.25) is 14.4 Å². The fourth-order valence-electron chi connectivity index (χ4n) is 4.56. The number of H-pyrrole nitrogens is 1. The Morgan fingerprint density at radius 3 is 2.58 bits per heavy atom. The fourth-order valence-corrected chi connectivity index (χ4v) is 6.35. The van der Waals surface area contributed by atoms with Crippen molar-refractivity contribution in [2.75, 3.05) is 32.1 Å². The van der Waals surface area contributed by atoms with Gasteiger partial charge in [0.05, 0.1) is 33.3 Å². The number of hydrogen-bond donors (Lipinski definition) is 2. The first kappa shape index (κ1) is 32.6. The molecular weight excluding hydrogens is 647 g/mol. The smallest absolute Gasteiger partial charge is 0.362 e. The van der Waals surface area contributed by atoms with Crippen molar-refractivity contribution >= 4 is 64.6 Å². The average molecular weight is 671 g/mol. The minimum absolute atomic E-state index is 0.0595. The number of amides is 2. The van der Waals surface area contributed by atoms with Crippen LogP contribution in [0.15, 0.2) is 44.9 Å². The molecule has 0 fully saturated rings. The lowest BCUT2D eigenvalue weighted by molar-refractivity contribution is -0.107. The average Bonchev–Trinajstić information content (AvgIpc) is 3.39. The second-order valence-electron chi connectivity index (χ2n) is 9.41. The van der Waals surface area contributed by atoms with Crippen LogP contribution in [0, 0.1) is 11.3 Å². The standard InChI is InChI=1S/C28H24Cl3F2N5O4S/c1-35-6-3-7-37(14-39)19-8-16-12-38(13-17(16)9-20(19)42-2)27(41)23-21(10-22(28(31,32)33)36-26(23)40)43-25-18(29)5-4-15(11-34)24(25)30/h4-5,8-10,14,35H,3,6-7,12-13H2,1-2H3,(H,36,40). The lowest BCUT2D eigenvalue weighted by atomic mass is 10.1. The number of aromatic nitrogens is 1. The fraction of sp³-hybridized carbons (Fsp3) is 0.286. The molecule has 0 saturated heterocycles. The van der Waals surface area contributed by atoms with E-state index in [4.69, 9.17) is 39.5 Å². The molecule has 2 amide bonds. The Morgan fingerprint density at radius 1 is 1.28 bits per heavy atom. The van der Waals surface area contributed by atoms with Crippen LogP contribution >= 0.6 is 46.6 Å². The van der Waals surface area contributed by atoms with Crippen LogP contribution in [0.3, 0.4) is 0 Å². The van der Waals surface area contributed by atoms with Gasteiger partial charge >= 0.3 is 5.38 Å². The third-order valence-corrected chi connectivity index (χ3v) is 8.98. The third kappa shape index (κ3) is 6.92. The number of alkyl halides is 3. The molecule has 0 unspecified atom stereocenters. The second kappa shape index (κ2) is 13.5. The van der Waals surface area contributed by atoms with Crippen molar-refractivity contribution in [1.82, 2.24) is 15.2 Å². The molecule has 2 N–H and O–H groups in total. The molecule has 0 bridgehead atoms. The summed E-state index contributed by atoms with van der Waals surface area (Å²) in [6, 6.07) is 9.03. The number of fused-ring (bicyclic) bond motifs is 1. The molecule has 1 aromatic heterocycles.